The fraction of sp³-hybridized carbons (Fsp3) is 0.647. The molecule has 0 spiro atoms. The van der Waals surface area contributed by atoms with Crippen molar-refractivity contribution in [1.29, 1.82) is 0 Å². The van der Waals surface area contributed by atoms with Crippen LogP contribution in [0.25, 0.3) is 0 Å². The van der Waals surface area contributed by atoms with Gasteiger partial charge in [0.25, 0.3) is 0 Å². The van der Waals surface area contributed by atoms with E-state index in [0.717, 1.165) is 37.0 Å². The van der Waals surface area contributed by atoms with Crippen LogP contribution < -0.4 is 5.32 Å². The lowest BCUT2D eigenvalue weighted by atomic mass is 10.0. The molecule has 0 aromatic heterocycles. The van der Waals surface area contributed by atoms with E-state index >= 15 is 0 Å². The van der Waals surface area contributed by atoms with Crippen molar-refractivity contribution in [3.8, 4) is 0 Å². The van der Waals surface area contributed by atoms with Crippen LogP contribution in [-0.4, -0.2) is 30.1 Å². The molecule has 21 heavy (non-hydrogen) atoms. The summed E-state index contributed by atoms with van der Waals surface area (Å²) in [6.45, 7) is 2.85. The topological polar surface area (TPSA) is 15.3 Å². The van der Waals surface area contributed by atoms with Crippen molar-refractivity contribution < 1.29 is 4.39 Å². The van der Waals surface area contributed by atoms with Gasteiger partial charge in [0.2, 0.25) is 0 Å². The van der Waals surface area contributed by atoms with Gasteiger partial charge in [-0.25, -0.2) is 4.39 Å². The highest BCUT2D eigenvalue weighted by molar-refractivity contribution is 6.30. The molecule has 0 bridgehead atoms. The monoisotopic (exact) mass is 308 g/mol. The SMILES string of the molecule is Fc1cc(Cl)ccc1CN1CC(C2CC2)NCC1C1CC1. The Morgan fingerprint density at radius 2 is 1.95 bits per heavy atom. The minimum atomic E-state index is -0.168. The number of rotatable bonds is 4. The largest absolute Gasteiger partial charge is 0.311 e. The van der Waals surface area contributed by atoms with E-state index in [0.29, 0.717) is 17.1 Å². The molecule has 1 aromatic carbocycles. The maximum Gasteiger partial charge on any atom is 0.129 e. The number of hydrogen-bond donors (Lipinski definition) is 1. The molecule has 4 rings (SSSR count). The van der Waals surface area contributed by atoms with Gasteiger partial charge in [0.05, 0.1) is 0 Å². The number of nitrogens with zero attached hydrogens (tertiary/aromatic N) is 1. The van der Waals surface area contributed by atoms with Crippen molar-refractivity contribution in [1.82, 2.24) is 10.2 Å². The molecule has 1 N–H and O–H groups in total. The van der Waals surface area contributed by atoms with Gasteiger partial charge in [-0.3, -0.25) is 4.90 Å². The maximum atomic E-state index is 14.1. The number of benzene rings is 1. The fourth-order valence-electron chi connectivity index (χ4n) is 3.66. The summed E-state index contributed by atoms with van der Waals surface area (Å²) in [5.41, 5.74) is 0.779. The quantitative estimate of drug-likeness (QED) is 0.916. The molecule has 0 amide bonds. The Balaban J connectivity index is 1.50. The molecule has 3 fully saturated rings. The molecular weight excluding hydrogens is 287 g/mol. The lowest BCUT2D eigenvalue weighted by molar-refractivity contribution is 0.0992. The van der Waals surface area contributed by atoms with Crippen molar-refractivity contribution in [3.63, 3.8) is 0 Å². The fourth-order valence-corrected chi connectivity index (χ4v) is 3.82. The third kappa shape index (κ3) is 3.10. The van der Waals surface area contributed by atoms with Crippen LogP contribution in [0.15, 0.2) is 18.2 Å². The number of hydrogen-bond acceptors (Lipinski definition) is 2. The first-order valence-electron chi connectivity index (χ1n) is 8.12. The van der Waals surface area contributed by atoms with Gasteiger partial charge in [0.15, 0.2) is 0 Å². The van der Waals surface area contributed by atoms with Crippen LogP contribution in [0.2, 0.25) is 5.02 Å². The molecule has 3 aliphatic rings. The second-order valence-corrected chi connectivity index (χ2v) is 7.36. The van der Waals surface area contributed by atoms with Gasteiger partial charge in [0, 0.05) is 42.3 Å². The van der Waals surface area contributed by atoms with Crippen molar-refractivity contribution in [2.75, 3.05) is 13.1 Å². The van der Waals surface area contributed by atoms with Gasteiger partial charge < -0.3 is 5.32 Å². The van der Waals surface area contributed by atoms with Crippen LogP contribution in [0.1, 0.15) is 31.2 Å². The second kappa shape index (κ2) is 5.53. The summed E-state index contributed by atoms with van der Waals surface area (Å²) in [5, 5.41) is 4.21. The van der Waals surface area contributed by atoms with Crippen molar-refractivity contribution in [2.24, 2.45) is 11.8 Å². The molecule has 2 atom stereocenters. The van der Waals surface area contributed by atoms with E-state index in [2.05, 4.69) is 10.2 Å². The first-order chi connectivity index (χ1) is 10.2. The molecule has 0 radical (unpaired) electrons. The summed E-state index contributed by atoms with van der Waals surface area (Å²) in [6, 6.07) is 6.26. The Kier molecular flexibility index (Phi) is 3.68. The van der Waals surface area contributed by atoms with Crippen molar-refractivity contribution in [3.05, 3.63) is 34.6 Å². The molecule has 2 aliphatic carbocycles. The van der Waals surface area contributed by atoms with Gasteiger partial charge in [-0.1, -0.05) is 17.7 Å². The Morgan fingerprint density at radius 3 is 2.62 bits per heavy atom. The van der Waals surface area contributed by atoms with Crippen molar-refractivity contribution >= 4 is 11.6 Å². The average Bonchev–Trinajstić information content (AvgIpc) is 3.35. The molecule has 1 saturated heterocycles. The zero-order valence-electron chi connectivity index (χ0n) is 12.2. The van der Waals surface area contributed by atoms with Crippen LogP contribution >= 0.6 is 11.6 Å². The minimum Gasteiger partial charge on any atom is -0.311 e. The summed E-state index contributed by atoms with van der Waals surface area (Å²) >= 11 is 5.86. The highest BCUT2D eigenvalue weighted by atomic mass is 35.5. The average molecular weight is 309 g/mol. The second-order valence-electron chi connectivity index (χ2n) is 6.92. The third-order valence-electron chi connectivity index (χ3n) is 5.24. The Labute approximate surface area is 130 Å². The van der Waals surface area contributed by atoms with Crippen LogP contribution in [0, 0.1) is 17.7 Å². The smallest absolute Gasteiger partial charge is 0.129 e. The number of nitrogens with one attached hydrogen (secondary N) is 1. The lowest BCUT2D eigenvalue weighted by Gasteiger charge is -2.41. The van der Waals surface area contributed by atoms with Gasteiger partial charge in [-0.2, -0.15) is 0 Å². The number of piperazine rings is 1. The van der Waals surface area contributed by atoms with E-state index in [9.17, 15) is 4.39 Å². The van der Waals surface area contributed by atoms with Gasteiger partial charge in [-0.15, -0.1) is 0 Å². The standard InChI is InChI=1S/C17H22ClFN2/c18-14-6-5-13(15(19)7-14)9-21-10-16(11-1-2-11)20-8-17(21)12-3-4-12/h5-7,11-12,16-17,20H,1-4,8-10H2. The Morgan fingerprint density at radius 1 is 1.19 bits per heavy atom. The zero-order chi connectivity index (χ0) is 14.4. The molecule has 114 valence electrons. The van der Waals surface area contributed by atoms with Crippen LogP contribution in [-0.2, 0) is 6.54 Å². The summed E-state index contributed by atoms with van der Waals surface area (Å²) < 4.78 is 14.1. The lowest BCUT2D eigenvalue weighted by Crippen LogP contribution is -2.57. The predicted octanol–water partition coefficient (Wildman–Crippen LogP) is 3.44. The third-order valence-corrected chi connectivity index (χ3v) is 5.47. The normalized spacial score (nSPS) is 30.6. The van der Waals surface area contributed by atoms with Crippen LogP contribution in [0.3, 0.4) is 0 Å². The molecule has 2 saturated carbocycles. The zero-order valence-corrected chi connectivity index (χ0v) is 13.0. The van der Waals surface area contributed by atoms with Gasteiger partial charge in [-0.05, 0) is 49.7 Å². The van der Waals surface area contributed by atoms with E-state index in [-0.39, 0.29) is 5.82 Å². The molecular formula is C17H22ClFN2. The molecule has 4 heteroatoms. The molecule has 2 nitrogen and oxygen atoms in total. The van der Waals surface area contributed by atoms with E-state index in [1.54, 1.807) is 6.07 Å². The van der Waals surface area contributed by atoms with E-state index in [4.69, 9.17) is 11.6 Å². The highest BCUT2D eigenvalue weighted by Crippen LogP contribution is 2.40. The van der Waals surface area contributed by atoms with E-state index in [1.807, 2.05) is 6.07 Å². The molecule has 1 heterocycles. The Bertz CT molecular complexity index is 528. The van der Waals surface area contributed by atoms with Gasteiger partial charge >= 0.3 is 0 Å². The predicted molar refractivity (Wildman–Crippen MR) is 82.8 cm³/mol. The highest BCUT2D eigenvalue weighted by Gasteiger charge is 2.42. The summed E-state index contributed by atoms with van der Waals surface area (Å²) in [7, 11) is 0. The first-order valence-corrected chi connectivity index (χ1v) is 8.50. The first kappa shape index (κ1) is 14.0. The molecule has 1 aromatic rings. The molecule has 1 aliphatic heterocycles. The van der Waals surface area contributed by atoms with Crippen LogP contribution in [0.4, 0.5) is 4.39 Å². The Hall–Kier alpha value is -0.640. The van der Waals surface area contributed by atoms with E-state index < -0.39 is 0 Å². The maximum absolute atomic E-state index is 14.1. The van der Waals surface area contributed by atoms with Crippen molar-refractivity contribution in [2.45, 2.75) is 44.3 Å². The van der Waals surface area contributed by atoms with Crippen LogP contribution in [0.5, 0.6) is 0 Å². The summed E-state index contributed by atoms with van der Waals surface area (Å²) in [5.74, 6) is 1.49. The van der Waals surface area contributed by atoms with E-state index in [1.165, 1.54) is 31.7 Å². The summed E-state index contributed by atoms with van der Waals surface area (Å²) in [6.07, 6.45) is 5.38. The number of halogens is 2. The molecule has 2 unspecified atom stereocenters. The van der Waals surface area contributed by atoms with Gasteiger partial charge in [0.1, 0.15) is 5.82 Å². The summed E-state index contributed by atoms with van der Waals surface area (Å²) in [4.78, 5) is 2.52. The minimum absolute atomic E-state index is 0.168.